The van der Waals surface area contributed by atoms with Crippen molar-refractivity contribution in [3.8, 4) is 0 Å². The molecular weight excluding hydrogens is 138 g/mol. The van der Waals surface area contributed by atoms with Gasteiger partial charge in [0.05, 0.1) is 5.92 Å². The van der Waals surface area contributed by atoms with Gasteiger partial charge in [0.2, 0.25) is 0 Å². The topological polar surface area (TPSA) is 20.3 Å². The van der Waals surface area contributed by atoms with E-state index < -0.39 is 0 Å². The largest absolute Gasteiger partial charge is 0.377 e. The van der Waals surface area contributed by atoms with Gasteiger partial charge in [-0.15, -0.1) is 0 Å². The van der Waals surface area contributed by atoms with Crippen molar-refractivity contribution in [3.05, 3.63) is 12.3 Å². The number of carbonyl (C=O) groups is 1. The standard InChI is InChI=1S/C9H13NO/c1-10-6-5-7-8(10)3-2-4-9(7)11/h5-8H,2-4H2,1H3. The third-order valence-corrected chi connectivity index (χ3v) is 2.76. The molecule has 0 spiro atoms. The molecule has 2 unspecified atom stereocenters. The maximum absolute atomic E-state index is 11.3. The fraction of sp³-hybridized carbons (Fsp3) is 0.667. The van der Waals surface area contributed by atoms with E-state index in [4.69, 9.17) is 0 Å². The summed E-state index contributed by atoms with van der Waals surface area (Å²) in [5, 5.41) is 0. The minimum Gasteiger partial charge on any atom is -0.377 e. The first-order valence-corrected chi connectivity index (χ1v) is 4.22. The Morgan fingerprint density at radius 2 is 2.45 bits per heavy atom. The summed E-state index contributed by atoms with van der Waals surface area (Å²) in [6.45, 7) is 0. The van der Waals surface area contributed by atoms with Crippen LogP contribution in [0.15, 0.2) is 12.3 Å². The third kappa shape index (κ3) is 0.971. The number of fused-ring (bicyclic) bond motifs is 1. The molecule has 1 heterocycles. The highest BCUT2D eigenvalue weighted by Gasteiger charge is 2.34. The lowest BCUT2D eigenvalue weighted by Gasteiger charge is -2.29. The normalized spacial score (nSPS) is 36.1. The van der Waals surface area contributed by atoms with Crippen molar-refractivity contribution in [3.63, 3.8) is 0 Å². The van der Waals surface area contributed by atoms with Crippen LogP contribution in [-0.4, -0.2) is 23.8 Å². The average Bonchev–Trinajstić information content (AvgIpc) is 2.35. The van der Waals surface area contributed by atoms with Gasteiger partial charge in [-0.2, -0.15) is 0 Å². The molecule has 1 aliphatic heterocycles. The quantitative estimate of drug-likeness (QED) is 0.518. The number of rotatable bonds is 0. The maximum atomic E-state index is 11.3. The van der Waals surface area contributed by atoms with Gasteiger partial charge in [-0.1, -0.05) is 6.08 Å². The molecule has 2 nitrogen and oxygen atoms in total. The van der Waals surface area contributed by atoms with Gasteiger partial charge in [-0.25, -0.2) is 0 Å². The molecule has 0 amide bonds. The van der Waals surface area contributed by atoms with Crippen LogP contribution < -0.4 is 0 Å². The number of carbonyl (C=O) groups excluding carboxylic acids is 1. The Morgan fingerprint density at radius 3 is 3.18 bits per heavy atom. The highest BCUT2D eigenvalue weighted by molar-refractivity contribution is 5.84. The van der Waals surface area contributed by atoms with Crippen LogP contribution >= 0.6 is 0 Å². The summed E-state index contributed by atoms with van der Waals surface area (Å²) in [6, 6.07) is 0.483. The van der Waals surface area contributed by atoms with E-state index in [2.05, 4.69) is 11.9 Å². The predicted octanol–water partition coefficient (Wildman–Crippen LogP) is 1.18. The van der Waals surface area contributed by atoms with Gasteiger partial charge >= 0.3 is 0 Å². The molecule has 2 heteroatoms. The van der Waals surface area contributed by atoms with Crippen LogP contribution in [0.2, 0.25) is 0 Å². The summed E-state index contributed by atoms with van der Waals surface area (Å²) in [5.74, 6) is 0.649. The second-order valence-corrected chi connectivity index (χ2v) is 3.46. The molecule has 0 aromatic heterocycles. The smallest absolute Gasteiger partial charge is 0.141 e. The van der Waals surface area contributed by atoms with Crippen molar-refractivity contribution in [1.82, 2.24) is 4.90 Å². The van der Waals surface area contributed by atoms with E-state index in [-0.39, 0.29) is 5.92 Å². The first-order valence-electron chi connectivity index (χ1n) is 4.22. The molecule has 0 aromatic carbocycles. The maximum Gasteiger partial charge on any atom is 0.141 e. The van der Waals surface area contributed by atoms with Gasteiger partial charge in [0, 0.05) is 19.5 Å². The first-order chi connectivity index (χ1) is 5.29. The first kappa shape index (κ1) is 6.89. The summed E-state index contributed by atoms with van der Waals surface area (Å²) in [6.07, 6.45) is 7.13. The summed E-state index contributed by atoms with van der Waals surface area (Å²) in [5.41, 5.74) is 0. The molecule has 0 radical (unpaired) electrons. The van der Waals surface area contributed by atoms with E-state index in [0.29, 0.717) is 11.8 Å². The van der Waals surface area contributed by atoms with Crippen molar-refractivity contribution in [1.29, 1.82) is 0 Å². The number of nitrogens with zero attached hydrogens (tertiary/aromatic N) is 1. The monoisotopic (exact) mass is 151 g/mol. The fourth-order valence-corrected chi connectivity index (χ4v) is 2.08. The van der Waals surface area contributed by atoms with Crippen molar-refractivity contribution in [2.75, 3.05) is 7.05 Å². The van der Waals surface area contributed by atoms with Gasteiger partial charge < -0.3 is 4.90 Å². The van der Waals surface area contributed by atoms with Crippen LogP contribution in [0.4, 0.5) is 0 Å². The number of hydrogen-bond acceptors (Lipinski definition) is 2. The molecule has 1 saturated carbocycles. The molecule has 2 atom stereocenters. The van der Waals surface area contributed by atoms with Crippen LogP contribution in [0.1, 0.15) is 19.3 Å². The molecule has 60 valence electrons. The van der Waals surface area contributed by atoms with Crippen LogP contribution in [0.25, 0.3) is 0 Å². The third-order valence-electron chi connectivity index (χ3n) is 2.76. The lowest BCUT2D eigenvalue weighted by atomic mass is 9.85. The van der Waals surface area contributed by atoms with E-state index in [1.54, 1.807) is 0 Å². The molecule has 2 aliphatic rings. The van der Waals surface area contributed by atoms with Gasteiger partial charge in [0.1, 0.15) is 5.78 Å². The zero-order valence-corrected chi connectivity index (χ0v) is 6.79. The van der Waals surface area contributed by atoms with Crippen LogP contribution in [0.3, 0.4) is 0 Å². The Kier molecular flexibility index (Phi) is 1.48. The van der Waals surface area contributed by atoms with Gasteiger partial charge in [-0.3, -0.25) is 4.79 Å². The SMILES string of the molecule is CN1C=CC2C(=O)CCCC21. The Balaban J connectivity index is 2.18. The Hall–Kier alpha value is -0.790. The molecule has 0 saturated heterocycles. The number of ketones is 1. The molecule has 1 fully saturated rings. The summed E-state index contributed by atoms with van der Waals surface area (Å²) in [7, 11) is 2.06. The van der Waals surface area contributed by atoms with E-state index in [0.717, 1.165) is 12.8 Å². The molecule has 2 rings (SSSR count). The average molecular weight is 151 g/mol. The summed E-state index contributed by atoms with van der Waals surface area (Å²) >= 11 is 0. The van der Waals surface area contributed by atoms with Crippen molar-refractivity contribution < 1.29 is 4.79 Å². The predicted molar refractivity (Wildman–Crippen MR) is 43.0 cm³/mol. The van der Waals surface area contributed by atoms with Crippen molar-refractivity contribution in [2.45, 2.75) is 25.3 Å². The van der Waals surface area contributed by atoms with Crippen LogP contribution in [0, 0.1) is 5.92 Å². The zero-order chi connectivity index (χ0) is 7.84. The summed E-state index contributed by atoms with van der Waals surface area (Å²) in [4.78, 5) is 13.5. The Morgan fingerprint density at radius 1 is 1.64 bits per heavy atom. The lowest BCUT2D eigenvalue weighted by molar-refractivity contribution is -0.124. The van der Waals surface area contributed by atoms with E-state index in [1.807, 2.05) is 12.3 Å². The van der Waals surface area contributed by atoms with Gasteiger partial charge in [0.25, 0.3) is 0 Å². The minimum absolute atomic E-state index is 0.216. The van der Waals surface area contributed by atoms with Crippen LogP contribution in [0.5, 0.6) is 0 Å². The lowest BCUT2D eigenvalue weighted by Crippen LogP contribution is -2.36. The highest BCUT2D eigenvalue weighted by Crippen LogP contribution is 2.30. The Bertz CT molecular complexity index is 210. The molecule has 11 heavy (non-hydrogen) atoms. The molecule has 0 N–H and O–H groups in total. The van der Waals surface area contributed by atoms with E-state index in [1.165, 1.54) is 6.42 Å². The molecule has 1 aliphatic carbocycles. The highest BCUT2D eigenvalue weighted by atomic mass is 16.1. The minimum atomic E-state index is 0.216. The molecule has 0 bridgehead atoms. The van der Waals surface area contributed by atoms with Crippen molar-refractivity contribution in [2.24, 2.45) is 5.92 Å². The molecule has 0 aromatic rings. The van der Waals surface area contributed by atoms with Crippen LogP contribution in [-0.2, 0) is 4.79 Å². The zero-order valence-electron chi connectivity index (χ0n) is 6.79. The van der Waals surface area contributed by atoms with Gasteiger partial charge in [0.15, 0.2) is 0 Å². The van der Waals surface area contributed by atoms with Crippen molar-refractivity contribution >= 4 is 5.78 Å². The fourth-order valence-electron chi connectivity index (χ4n) is 2.08. The number of Topliss-reactive ketones (excluding diaryl/α,β-unsaturated/α-hetero) is 1. The second kappa shape index (κ2) is 2.36. The molecular formula is C9H13NO. The second-order valence-electron chi connectivity index (χ2n) is 3.46. The van der Waals surface area contributed by atoms with E-state index in [9.17, 15) is 4.79 Å². The van der Waals surface area contributed by atoms with Gasteiger partial charge in [-0.05, 0) is 19.0 Å². The summed E-state index contributed by atoms with van der Waals surface area (Å²) < 4.78 is 0. The Labute approximate surface area is 66.9 Å². The number of hydrogen-bond donors (Lipinski definition) is 0. The van der Waals surface area contributed by atoms with E-state index >= 15 is 0 Å².